The van der Waals surface area contributed by atoms with Crippen LogP contribution in [0.4, 0.5) is 0 Å². The lowest BCUT2D eigenvalue weighted by Gasteiger charge is -2.17. The summed E-state index contributed by atoms with van der Waals surface area (Å²) >= 11 is 0. The molecule has 0 aliphatic rings. The van der Waals surface area contributed by atoms with Gasteiger partial charge < -0.3 is 5.11 Å². The van der Waals surface area contributed by atoms with Crippen LogP contribution < -0.4 is 0 Å². The second-order valence-corrected chi connectivity index (χ2v) is 15.9. The highest BCUT2D eigenvalue weighted by Crippen LogP contribution is 2.42. The Hall–Kier alpha value is -7.04. The third-order valence-electron chi connectivity index (χ3n) is 11.1. The predicted molar refractivity (Wildman–Crippen MR) is 246 cm³/mol. The Bertz CT molecular complexity index is 2960. The number of phenolic OH excluding ortho intramolecular Hbond substituents is 1. The zero-order valence-electron chi connectivity index (χ0n) is 34.9. The largest absolute Gasteiger partial charge is 0.507 e. The van der Waals surface area contributed by atoms with Crippen molar-refractivity contribution < 1.29 is 6.48 Å². The number of aromatic hydroxyl groups is 1. The van der Waals surface area contributed by atoms with Crippen LogP contribution >= 0.6 is 0 Å². The van der Waals surface area contributed by atoms with Crippen LogP contribution in [-0.4, -0.2) is 19.6 Å². The van der Waals surface area contributed by atoms with Crippen LogP contribution in [0.25, 0.3) is 83.9 Å². The number of imidazole rings is 1. The molecule has 0 bridgehead atoms. The molecule has 2 heterocycles. The standard InChI is InChI=1S/C55H47N3O/c1-36(2)30-38-22-27-51(49(31-38)42-16-9-6-10-17-42)58-52-20-13-19-47(54(52)57-55(58)48-18-11-12-21-53(48)59)45-32-44(40-14-7-5-8-15-40)33-46(34-45)50-35-43(28-29-56-50)41-25-23-39(24-26-41)37(3)4/h5-29,31-37,59H,30H2,1-4H3/i37D. The molecule has 0 amide bonds. The van der Waals surface area contributed by atoms with Crippen molar-refractivity contribution in [3.63, 3.8) is 0 Å². The minimum atomic E-state index is -0.667. The molecule has 4 nitrogen and oxygen atoms in total. The van der Waals surface area contributed by atoms with Crippen molar-refractivity contribution in [3.05, 3.63) is 193 Å². The summed E-state index contributed by atoms with van der Waals surface area (Å²) in [6.45, 7) is 8.33. The maximum absolute atomic E-state index is 11.4. The molecule has 7 aromatic carbocycles. The molecule has 1 N–H and O–H groups in total. The number of nitrogens with zero attached hydrogens (tertiary/aromatic N) is 3. The van der Waals surface area contributed by atoms with Gasteiger partial charge in [-0.3, -0.25) is 9.55 Å². The summed E-state index contributed by atoms with van der Waals surface area (Å²) in [5, 5.41) is 11.4. The van der Waals surface area contributed by atoms with E-state index < -0.39 is 5.89 Å². The molecule has 0 aliphatic carbocycles. The summed E-state index contributed by atoms with van der Waals surface area (Å²) in [6, 6.07) is 60.7. The Balaban J connectivity index is 1.26. The van der Waals surface area contributed by atoms with Crippen molar-refractivity contribution in [2.75, 3.05) is 0 Å². The van der Waals surface area contributed by atoms with E-state index >= 15 is 0 Å². The van der Waals surface area contributed by atoms with Gasteiger partial charge in [-0.1, -0.05) is 143 Å². The molecule has 0 fully saturated rings. The minimum Gasteiger partial charge on any atom is -0.507 e. The third kappa shape index (κ3) is 7.58. The van der Waals surface area contributed by atoms with Gasteiger partial charge in [-0.15, -0.1) is 0 Å². The van der Waals surface area contributed by atoms with E-state index in [0.717, 1.165) is 84.5 Å². The molecular formula is C55H47N3O. The van der Waals surface area contributed by atoms with E-state index in [4.69, 9.17) is 11.3 Å². The minimum absolute atomic E-state index is 0.172. The average molecular weight is 767 g/mol. The molecule has 0 atom stereocenters. The van der Waals surface area contributed by atoms with Crippen LogP contribution in [0.2, 0.25) is 0 Å². The summed E-state index contributed by atoms with van der Waals surface area (Å²) in [5.74, 6) is 0.679. The number of rotatable bonds is 10. The molecule has 59 heavy (non-hydrogen) atoms. The van der Waals surface area contributed by atoms with Gasteiger partial charge in [-0.25, -0.2) is 4.98 Å². The van der Waals surface area contributed by atoms with E-state index in [9.17, 15) is 5.11 Å². The van der Waals surface area contributed by atoms with Gasteiger partial charge in [-0.05, 0) is 123 Å². The number of para-hydroxylation sites is 2. The van der Waals surface area contributed by atoms with E-state index in [1.165, 1.54) is 5.56 Å². The fraction of sp³-hybridized carbons (Fsp3) is 0.127. The average Bonchev–Trinajstić information content (AvgIpc) is 3.66. The highest BCUT2D eigenvalue weighted by atomic mass is 16.3. The molecule has 0 unspecified atom stereocenters. The SMILES string of the molecule is [2H]C(C)(C)c1ccc(-c2ccnc(-c3cc(-c4ccccc4)cc(-c4cccc5c4nc(-c4ccccc4O)n5-c4ccc(CC(C)C)cc4-c4ccccc4)c3)c2)cc1. The Labute approximate surface area is 348 Å². The van der Waals surface area contributed by atoms with Gasteiger partial charge in [0.2, 0.25) is 0 Å². The fourth-order valence-electron chi connectivity index (χ4n) is 8.14. The predicted octanol–water partition coefficient (Wildman–Crippen LogP) is 14.4. The van der Waals surface area contributed by atoms with Crippen LogP contribution in [0, 0.1) is 5.92 Å². The highest BCUT2D eigenvalue weighted by Gasteiger charge is 2.23. The van der Waals surface area contributed by atoms with Crippen LogP contribution in [0.5, 0.6) is 5.75 Å². The van der Waals surface area contributed by atoms with Gasteiger partial charge >= 0.3 is 0 Å². The summed E-state index contributed by atoms with van der Waals surface area (Å²) in [6.07, 6.45) is 2.84. The van der Waals surface area contributed by atoms with Gasteiger partial charge in [0.1, 0.15) is 11.6 Å². The zero-order chi connectivity index (χ0) is 41.4. The Morgan fingerprint density at radius 3 is 1.93 bits per heavy atom. The van der Waals surface area contributed by atoms with E-state index in [-0.39, 0.29) is 5.75 Å². The monoisotopic (exact) mass is 766 g/mol. The molecule has 9 rings (SSSR count). The highest BCUT2D eigenvalue weighted by molar-refractivity contribution is 5.98. The molecule has 0 saturated heterocycles. The number of phenols is 1. The molecule has 9 aromatic rings. The van der Waals surface area contributed by atoms with E-state index in [1.54, 1.807) is 6.07 Å². The second kappa shape index (κ2) is 16.1. The van der Waals surface area contributed by atoms with Crippen molar-refractivity contribution in [1.29, 1.82) is 0 Å². The number of aromatic nitrogens is 3. The quantitative estimate of drug-likeness (QED) is 0.151. The number of pyridine rings is 1. The maximum atomic E-state index is 11.4. The first-order chi connectivity index (χ1) is 29.1. The summed E-state index contributed by atoms with van der Waals surface area (Å²) < 4.78 is 10.7. The van der Waals surface area contributed by atoms with Crippen molar-refractivity contribution in [2.45, 2.75) is 40.0 Å². The van der Waals surface area contributed by atoms with Crippen molar-refractivity contribution in [1.82, 2.24) is 14.5 Å². The Morgan fingerprint density at radius 2 is 1.20 bits per heavy atom. The first-order valence-corrected chi connectivity index (χ1v) is 20.4. The second-order valence-electron chi connectivity index (χ2n) is 15.9. The molecule has 0 spiro atoms. The van der Waals surface area contributed by atoms with E-state index in [1.807, 2.05) is 62.5 Å². The fourth-order valence-corrected chi connectivity index (χ4v) is 8.14. The van der Waals surface area contributed by atoms with Crippen molar-refractivity contribution >= 4 is 11.0 Å². The molecule has 288 valence electrons. The molecule has 0 radical (unpaired) electrons. The lowest BCUT2D eigenvalue weighted by atomic mass is 9.93. The van der Waals surface area contributed by atoms with Gasteiger partial charge in [-0.2, -0.15) is 0 Å². The van der Waals surface area contributed by atoms with E-state index in [0.29, 0.717) is 17.3 Å². The molecule has 2 aromatic heterocycles. The first-order valence-electron chi connectivity index (χ1n) is 20.9. The zero-order valence-corrected chi connectivity index (χ0v) is 33.9. The smallest absolute Gasteiger partial charge is 0.149 e. The number of fused-ring (bicyclic) bond motifs is 1. The van der Waals surface area contributed by atoms with E-state index in [2.05, 4.69) is 146 Å². The van der Waals surface area contributed by atoms with Crippen LogP contribution in [0.1, 0.15) is 46.1 Å². The lowest BCUT2D eigenvalue weighted by Crippen LogP contribution is -2.02. The van der Waals surface area contributed by atoms with Gasteiger partial charge in [0.15, 0.2) is 0 Å². The van der Waals surface area contributed by atoms with Gasteiger partial charge in [0.25, 0.3) is 0 Å². The van der Waals surface area contributed by atoms with Crippen LogP contribution in [0.3, 0.4) is 0 Å². The molecule has 0 aliphatic heterocycles. The topological polar surface area (TPSA) is 50.9 Å². The summed E-state index contributed by atoms with van der Waals surface area (Å²) in [5.41, 5.74) is 16.0. The Morgan fingerprint density at radius 1 is 0.542 bits per heavy atom. The summed E-state index contributed by atoms with van der Waals surface area (Å²) in [4.78, 5) is 10.4. The van der Waals surface area contributed by atoms with Crippen LogP contribution in [-0.2, 0) is 6.42 Å². The molecule has 4 heteroatoms. The van der Waals surface area contributed by atoms with Gasteiger partial charge in [0, 0.05) is 24.3 Å². The first kappa shape index (κ1) is 36.3. The third-order valence-corrected chi connectivity index (χ3v) is 11.1. The van der Waals surface area contributed by atoms with Crippen LogP contribution in [0.15, 0.2) is 182 Å². The number of hydrogen-bond acceptors (Lipinski definition) is 3. The molecule has 0 saturated carbocycles. The van der Waals surface area contributed by atoms with Crippen molar-refractivity contribution in [2.24, 2.45) is 5.92 Å². The maximum Gasteiger partial charge on any atom is 0.149 e. The van der Waals surface area contributed by atoms with Gasteiger partial charge in [0.05, 0.1) is 28.0 Å². The lowest BCUT2D eigenvalue weighted by molar-refractivity contribution is 0.477. The number of hydrogen-bond donors (Lipinski definition) is 1. The normalized spacial score (nSPS) is 11.9. The number of benzene rings is 7. The van der Waals surface area contributed by atoms with Crippen molar-refractivity contribution in [3.8, 4) is 78.6 Å². The molecular weight excluding hydrogens is 719 g/mol. The Kier molecular flexibility index (Phi) is 9.89. The summed E-state index contributed by atoms with van der Waals surface area (Å²) in [7, 11) is 0.